The first-order valence-corrected chi connectivity index (χ1v) is 8.66. The van der Waals surface area contributed by atoms with Crippen molar-refractivity contribution in [3.8, 4) is 0 Å². The molecule has 1 saturated heterocycles. The fraction of sp³-hybridized carbons (Fsp3) is 0.611. The number of benzene rings is 1. The van der Waals surface area contributed by atoms with Crippen molar-refractivity contribution in [2.75, 3.05) is 31.1 Å². The Morgan fingerprint density at radius 3 is 2.60 bits per heavy atom. The van der Waals surface area contributed by atoms with Crippen LogP contribution in [0.2, 0.25) is 0 Å². The number of piperidine rings is 1. The zero-order valence-electron chi connectivity index (χ0n) is 15.1. The van der Waals surface area contributed by atoms with E-state index in [4.69, 9.17) is 0 Å². The Bertz CT molecular complexity index is 637. The smallest absolute Gasteiger partial charge is 0.293 e. The standard InChI is InChI=1S/C18H27N3O4/c1-13-6-8-20(9-7-13)15-5-4-14(10-16(15)21(24)25)17(23)19-11-18(2,3)12-22/h4-5,10,13,22H,6-9,11-12H2,1-3H3,(H,19,23). The van der Waals surface area contributed by atoms with Gasteiger partial charge < -0.3 is 15.3 Å². The van der Waals surface area contributed by atoms with E-state index in [1.54, 1.807) is 12.1 Å². The van der Waals surface area contributed by atoms with E-state index < -0.39 is 10.3 Å². The van der Waals surface area contributed by atoms with E-state index in [0.717, 1.165) is 25.9 Å². The average Bonchev–Trinajstić information content (AvgIpc) is 2.60. The largest absolute Gasteiger partial charge is 0.396 e. The van der Waals surface area contributed by atoms with Crippen LogP contribution < -0.4 is 10.2 Å². The molecule has 2 rings (SSSR count). The molecule has 1 fully saturated rings. The predicted octanol–water partition coefficient (Wildman–Crippen LogP) is 2.58. The summed E-state index contributed by atoms with van der Waals surface area (Å²) in [7, 11) is 0. The highest BCUT2D eigenvalue weighted by atomic mass is 16.6. The van der Waals surface area contributed by atoms with Gasteiger partial charge in [0.1, 0.15) is 5.69 Å². The summed E-state index contributed by atoms with van der Waals surface area (Å²) in [6.45, 7) is 7.66. The average molecular weight is 349 g/mol. The van der Waals surface area contributed by atoms with Gasteiger partial charge in [-0.1, -0.05) is 20.8 Å². The minimum absolute atomic E-state index is 0.0383. The van der Waals surface area contributed by atoms with Gasteiger partial charge in [-0.3, -0.25) is 14.9 Å². The van der Waals surface area contributed by atoms with Crippen LogP contribution in [0, 0.1) is 21.4 Å². The van der Waals surface area contributed by atoms with Crippen molar-refractivity contribution in [3.05, 3.63) is 33.9 Å². The first-order valence-electron chi connectivity index (χ1n) is 8.66. The molecule has 0 unspecified atom stereocenters. The molecule has 0 saturated carbocycles. The quantitative estimate of drug-likeness (QED) is 0.608. The van der Waals surface area contributed by atoms with Gasteiger partial charge in [0.2, 0.25) is 0 Å². The molecular formula is C18H27N3O4. The number of aliphatic hydroxyl groups excluding tert-OH is 1. The van der Waals surface area contributed by atoms with Crippen molar-refractivity contribution in [1.82, 2.24) is 5.32 Å². The number of nitro groups is 1. The normalized spacial score (nSPS) is 15.9. The van der Waals surface area contributed by atoms with Crippen LogP contribution in [0.5, 0.6) is 0 Å². The third-order valence-corrected chi connectivity index (χ3v) is 4.71. The molecule has 2 N–H and O–H groups in total. The molecule has 138 valence electrons. The minimum Gasteiger partial charge on any atom is -0.396 e. The highest BCUT2D eigenvalue weighted by molar-refractivity contribution is 5.95. The van der Waals surface area contributed by atoms with Gasteiger partial charge in [-0.15, -0.1) is 0 Å². The van der Waals surface area contributed by atoms with Crippen molar-refractivity contribution in [2.24, 2.45) is 11.3 Å². The maximum atomic E-state index is 12.3. The van der Waals surface area contributed by atoms with Crippen molar-refractivity contribution < 1.29 is 14.8 Å². The Morgan fingerprint density at radius 2 is 2.04 bits per heavy atom. The second kappa shape index (κ2) is 7.82. The zero-order valence-corrected chi connectivity index (χ0v) is 15.1. The van der Waals surface area contributed by atoms with Crippen LogP contribution in [0.4, 0.5) is 11.4 Å². The summed E-state index contributed by atoms with van der Waals surface area (Å²) in [6.07, 6.45) is 2.02. The summed E-state index contributed by atoms with van der Waals surface area (Å²) in [5.74, 6) is 0.263. The lowest BCUT2D eigenvalue weighted by atomic mass is 9.95. The lowest BCUT2D eigenvalue weighted by molar-refractivity contribution is -0.384. The third kappa shape index (κ3) is 4.92. The van der Waals surface area contributed by atoms with E-state index in [9.17, 15) is 20.0 Å². The summed E-state index contributed by atoms with van der Waals surface area (Å²) in [5, 5.41) is 23.5. The van der Waals surface area contributed by atoms with Gasteiger partial charge in [0.05, 0.1) is 4.92 Å². The molecule has 0 aliphatic carbocycles. The van der Waals surface area contributed by atoms with Crippen LogP contribution in [0.1, 0.15) is 44.0 Å². The number of anilines is 1. The van der Waals surface area contributed by atoms with Crippen LogP contribution in [-0.4, -0.2) is 42.2 Å². The number of carbonyl (C=O) groups is 1. The molecule has 1 aliphatic rings. The van der Waals surface area contributed by atoms with E-state index in [-0.39, 0.29) is 23.8 Å². The van der Waals surface area contributed by atoms with E-state index in [1.165, 1.54) is 6.07 Å². The molecule has 25 heavy (non-hydrogen) atoms. The molecule has 7 nitrogen and oxygen atoms in total. The number of aliphatic hydroxyl groups is 1. The minimum atomic E-state index is -0.438. The molecule has 0 bridgehead atoms. The van der Waals surface area contributed by atoms with Gasteiger partial charge >= 0.3 is 0 Å². The Hall–Kier alpha value is -2.15. The molecule has 0 atom stereocenters. The van der Waals surface area contributed by atoms with Gasteiger partial charge in [0.15, 0.2) is 0 Å². The molecule has 1 heterocycles. The number of carbonyl (C=O) groups excluding carboxylic acids is 1. The van der Waals surface area contributed by atoms with Crippen molar-refractivity contribution in [3.63, 3.8) is 0 Å². The maximum Gasteiger partial charge on any atom is 0.293 e. The number of rotatable bonds is 6. The lowest BCUT2D eigenvalue weighted by Gasteiger charge is -2.31. The number of amides is 1. The van der Waals surface area contributed by atoms with Crippen molar-refractivity contribution >= 4 is 17.3 Å². The highest BCUT2D eigenvalue weighted by Gasteiger charge is 2.25. The van der Waals surface area contributed by atoms with E-state index in [2.05, 4.69) is 12.2 Å². The molecule has 0 spiro atoms. The Balaban J connectivity index is 2.18. The fourth-order valence-electron chi connectivity index (χ4n) is 2.81. The lowest BCUT2D eigenvalue weighted by Crippen LogP contribution is -2.36. The van der Waals surface area contributed by atoms with Gasteiger partial charge in [-0.2, -0.15) is 0 Å². The first kappa shape index (κ1) is 19.2. The van der Waals surface area contributed by atoms with Crippen molar-refractivity contribution in [2.45, 2.75) is 33.6 Å². The SMILES string of the molecule is CC1CCN(c2ccc(C(=O)NCC(C)(C)CO)cc2[N+](=O)[O-])CC1. The number of hydrogen-bond acceptors (Lipinski definition) is 5. The molecule has 1 aromatic carbocycles. The summed E-state index contributed by atoms with van der Waals surface area (Å²) in [5.41, 5.74) is 0.355. The number of nitro benzene ring substituents is 1. The Morgan fingerprint density at radius 1 is 1.40 bits per heavy atom. The molecule has 1 amide bonds. The van der Waals surface area contributed by atoms with Crippen LogP contribution in [-0.2, 0) is 0 Å². The highest BCUT2D eigenvalue weighted by Crippen LogP contribution is 2.32. The topological polar surface area (TPSA) is 95.7 Å². The van der Waals surface area contributed by atoms with Gasteiger partial charge in [-0.25, -0.2) is 0 Å². The van der Waals surface area contributed by atoms with E-state index in [0.29, 0.717) is 18.2 Å². The van der Waals surface area contributed by atoms with Gasteiger partial charge in [0.25, 0.3) is 11.6 Å². The van der Waals surface area contributed by atoms with Crippen molar-refractivity contribution in [1.29, 1.82) is 0 Å². The number of nitrogens with zero attached hydrogens (tertiary/aromatic N) is 2. The Labute approximate surface area is 148 Å². The van der Waals surface area contributed by atoms with E-state index >= 15 is 0 Å². The molecule has 7 heteroatoms. The number of hydrogen-bond donors (Lipinski definition) is 2. The second-order valence-electron chi connectivity index (χ2n) is 7.64. The van der Waals surface area contributed by atoms with Gasteiger partial charge in [-0.05, 0) is 30.9 Å². The monoisotopic (exact) mass is 349 g/mol. The van der Waals surface area contributed by atoms with Crippen LogP contribution in [0.15, 0.2) is 18.2 Å². The second-order valence-corrected chi connectivity index (χ2v) is 7.64. The number of nitrogens with one attached hydrogen (secondary N) is 1. The molecule has 1 aliphatic heterocycles. The fourth-order valence-corrected chi connectivity index (χ4v) is 2.81. The van der Waals surface area contributed by atoms with E-state index in [1.807, 2.05) is 18.7 Å². The van der Waals surface area contributed by atoms with Crippen LogP contribution in [0.3, 0.4) is 0 Å². The maximum absolute atomic E-state index is 12.3. The third-order valence-electron chi connectivity index (χ3n) is 4.71. The first-order chi connectivity index (χ1) is 11.7. The molecule has 1 aromatic rings. The summed E-state index contributed by atoms with van der Waals surface area (Å²) >= 11 is 0. The summed E-state index contributed by atoms with van der Waals surface area (Å²) in [4.78, 5) is 25.4. The van der Waals surface area contributed by atoms with Crippen LogP contribution in [0.25, 0.3) is 0 Å². The van der Waals surface area contributed by atoms with Gasteiger partial charge in [0, 0.05) is 43.3 Å². The molecule has 0 radical (unpaired) electrons. The predicted molar refractivity (Wildman–Crippen MR) is 96.9 cm³/mol. The van der Waals surface area contributed by atoms with Crippen LogP contribution >= 0.6 is 0 Å². The zero-order chi connectivity index (χ0) is 18.6. The molecular weight excluding hydrogens is 322 g/mol. The summed E-state index contributed by atoms with van der Waals surface area (Å²) in [6, 6.07) is 4.64. The molecule has 0 aromatic heterocycles. The summed E-state index contributed by atoms with van der Waals surface area (Å²) < 4.78 is 0. The Kier molecular flexibility index (Phi) is 6.00.